The van der Waals surface area contributed by atoms with E-state index in [1.165, 1.54) is 18.3 Å². The molecule has 0 spiro atoms. The highest BCUT2D eigenvalue weighted by Crippen LogP contribution is 2.18. The van der Waals surface area contributed by atoms with Crippen molar-refractivity contribution in [1.29, 1.82) is 0 Å². The van der Waals surface area contributed by atoms with Crippen molar-refractivity contribution in [1.82, 2.24) is 15.2 Å². The number of amides is 1. The van der Waals surface area contributed by atoms with E-state index >= 15 is 0 Å². The predicted molar refractivity (Wildman–Crippen MR) is 90.8 cm³/mol. The lowest BCUT2D eigenvalue weighted by molar-refractivity contribution is 0.0991. The molecule has 0 aliphatic carbocycles. The number of nitrogens with one attached hydrogen (secondary N) is 3. The molecule has 0 aliphatic heterocycles. The normalized spacial score (nSPS) is 11.0. The van der Waals surface area contributed by atoms with Crippen molar-refractivity contribution in [3.63, 3.8) is 0 Å². The molecular weight excluding hydrogens is 334 g/mol. The number of H-pyrrole nitrogens is 1. The lowest BCUT2D eigenvalue weighted by Crippen LogP contribution is -2.14. The fourth-order valence-corrected chi connectivity index (χ4v) is 1.76. The number of hydrogen-bond acceptors (Lipinski definition) is 6. The van der Waals surface area contributed by atoms with Gasteiger partial charge in [0.15, 0.2) is 0 Å². The van der Waals surface area contributed by atoms with Gasteiger partial charge < -0.3 is 20.0 Å². The Morgan fingerprint density at radius 2 is 2.08 bits per heavy atom. The maximum absolute atomic E-state index is 12.0. The first kappa shape index (κ1) is 17.2. The Hall–Kier alpha value is -3.13. The van der Waals surface area contributed by atoms with Crippen molar-refractivity contribution in [2.45, 2.75) is 6.92 Å². The molecule has 3 N–H and O–H groups in total. The van der Waals surface area contributed by atoms with E-state index in [4.69, 9.17) is 16.0 Å². The summed E-state index contributed by atoms with van der Waals surface area (Å²) in [5, 5.41) is 12.8. The van der Waals surface area contributed by atoms with Crippen LogP contribution < -0.4 is 16.2 Å². The zero-order chi connectivity index (χ0) is 17.7. The summed E-state index contributed by atoms with van der Waals surface area (Å²) < 4.78 is 5.18. The first-order valence-corrected chi connectivity index (χ1v) is 7.05. The molecule has 24 heavy (non-hydrogen) atoms. The summed E-state index contributed by atoms with van der Waals surface area (Å²) in [6.45, 7) is 9.20. The Labute approximate surface area is 141 Å². The summed E-state index contributed by atoms with van der Waals surface area (Å²) in [6.07, 6.45) is 2.96. The second-order valence-corrected chi connectivity index (χ2v) is 5.16. The van der Waals surface area contributed by atoms with Crippen LogP contribution in [0, 0.1) is 0 Å². The molecule has 0 radical (unpaired) electrons. The average Bonchev–Trinajstić information content (AvgIpc) is 2.97. The van der Waals surface area contributed by atoms with Gasteiger partial charge in [0.2, 0.25) is 5.56 Å². The van der Waals surface area contributed by atoms with Crippen molar-refractivity contribution in [2.75, 3.05) is 10.6 Å². The van der Waals surface area contributed by atoms with Crippen LogP contribution in [0.25, 0.3) is 0 Å². The van der Waals surface area contributed by atoms with Crippen molar-refractivity contribution < 1.29 is 9.21 Å². The van der Waals surface area contributed by atoms with E-state index in [0.717, 1.165) is 5.57 Å². The van der Waals surface area contributed by atoms with Gasteiger partial charge in [0, 0.05) is 12.3 Å². The minimum atomic E-state index is -0.628. The number of aromatic amines is 1. The summed E-state index contributed by atoms with van der Waals surface area (Å²) in [5.41, 5.74) is 1.16. The molecule has 0 aromatic carbocycles. The molecule has 0 atom stereocenters. The summed E-state index contributed by atoms with van der Waals surface area (Å²) in [6, 6.07) is 2.67. The molecule has 2 aromatic heterocycles. The smallest absolute Gasteiger partial charge is 0.320 e. The molecule has 0 unspecified atom stereocenters. The molecule has 0 fully saturated rings. The van der Waals surface area contributed by atoms with Crippen molar-refractivity contribution in [3.05, 3.63) is 70.1 Å². The Bertz CT molecular complexity index is 861. The maximum atomic E-state index is 12.0. The summed E-state index contributed by atoms with van der Waals surface area (Å²) >= 11 is 6.01. The van der Waals surface area contributed by atoms with Crippen LogP contribution in [0.5, 0.6) is 0 Å². The Morgan fingerprint density at radius 1 is 1.33 bits per heavy atom. The number of carbonyl (C=O) groups excluding carboxylic acids is 1. The van der Waals surface area contributed by atoms with Gasteiger partial charge in [0.1, 0.15) is 0 Å². The third-order valence-corrected chi connectivity index (χ3v) is 2.92. The molecule has 0 aliphatic rings. The summed E-state index contributed by atoms with van der Waals surface area (Å²) in [7, 11) is 0. The summed E-state index contributed by atoms with van der Waals surface area (Å²) in [5.74, 6) is -0.895. The van der Waals surface area contributed by atoms with Crippen molar-refractivity contribution in [3.8, 4) is 0 Å². The van der Waals surface area contributed by atoms with Gasteiger partial charge in [-0.15, -0.1) is 5.10 Å². The maximum Gasteiger partial charge on any atom is 0.320 e. The molecule has 8 nitrogen and oxygen atoms in total. The first-order valence-electron chi connectivity index (χ1n) is 6.68. The van der Waals surface area contributed by atoms with E-state index in [0.29, 0.717) is 16.4 Å². The van der Waals surface area contributed by atoms with E-state index in [1.807, 2.05) is 0 Å². The minimum absolute atomic E-state index is 0.0418. The lowest BCUT2D eigenvalue weighted by atomic mass is 10.3. The highest BCUT2D eigenvalue weighted by atomic mass is 35.5. The number of rotatable bonds is 6. The van der Waals surface area contributed by atoms with Crippen LogP contribution in [-0.4, -0.2) is 21.1 Å². The quantitative estimate of drug-likeness (QED) is 0.692. The number of anilines is 2. The number of hydrogen-bond donors (Lipinski definition) is 3. The number of carbonyl (C=O) groups is 1. The van der Waals surface area contributed by atoms with Crippen LogP contribution in [0.15, 0.2) is 63.1 Å². The molecule has 9 heteroatoms. The number of aromatic nitrogens is 3. The van der Waals surface area contributed by atoms with E-state index in [9.17, 15) is 9.59 Å². The molecule has 1 amide bonds. The van der Waals surface area contributed by atoms with Gasteiger partial charge in [-0.1, -0.05) is 35.4 Å². The number of halogens is 1. The topological polar surface area (TPSA) is 113 Å². The number of allylic oxidation sites excluding steroid dienone is 3. The molecule has 124 valence electrons. The van der Waals surface area contributed by atoms with Crippen LogP contribution in [0.4, 0.5) is 11.7 Å². The monoisotopic (exact) mass is 347 g/mol. The highest BCUT2D eigenvalue weighted by molar-refractivity contribution is 6.32. The number of nitrogens with zero attached hydrogens (tertiary/aromatic N) is 2. The Balaban J connectivity index is 2.03. The zero-order valence-corrected chi connectivity index (χ0v) is 13.5. The predicted octanol–water partition coefficient (Wildman–Crippen LogP) is 2.63. The molecule has 2 aromatic rings. The van der Waals surface area contributed by atoms with Gasteiger partial charge in [-0.3, -0.25) is 9.59 Å². The Morgan fingerprint density at radius 3 is 2.71 bits per heavy atom. The van der Waals surface area contributed by atoms with Crippen LogP contribution in [0.2, 0.25) is 0 Å². The molecule has 2 rings (SSSR count). The van der Waals surface area contributed by atoms with Crippen LogP contribution in [-0.2, 0) is 0 Å². The van der Waals surface area contributed by atoms with Gasteiger partial charge in [-0.05, 0) is 19.1 Å². The van der Waals surface area contributed by atoms with E-state index in [-0.39, 0.29) is 17.5 Å². The van der Waals surface area contributed by atoms with Gasteiger partial charge >= 0.3 is 17.8 Å². The fraction of sp³-hybridized carbons (Fsp3) is 0.0667. The zero-order valence-electron chi connectivity index (χ0n) is 12.7. The first-order chi connectivity index (χ1) is 11.3. The van der Waals surface area contributed by atoms with E-state index in [1.54, 1.807) is 13.0 Å². The molecule has 2 heterocycles. The fourth-order valence-electron chi connectivity index (χ4n) is 1.53. The van der Waals surface area contributed by atoms with Crippen molar-refractivity contribution >= 4 is 29.2 Å². The Kier molecular flexibility index (Phi) is 5.33. The second-order valence-electron chi connectivity index (χ2n) is 4.75. The molecular formula is C15H14ClN5O3. The largest absolute Gasteiger partial charge is 0.399 e. The standard InChI is InChI=1S/C15H14ClN5O3/c1-8(2)6-11(16)9(3)18-15-21-20-14(24-15)13(23)19-10-4-5-12(22)17-7-10/h4-7H,1,3H2,2H3,(H,17,22)(H,18,21)(H,19,23)/b11-6+. The molecule has 0 saturated heterocycles. The van der Waals surface area contributed by atoms with Gasteiger partial charge in [0.25, 0.3) is 0 Å². The third kappa shape index (κ3) is 4.68. The van der Waals surface area contributed by atoms with Gasteiger partial charge in [-0.2, -0.15) is 0 Å². The van der Waals surface area contributed by atoms with Crippen LogP contribution in [0.3, 0.4) is 0 Å². The van der Waals surface area contributed by atoms with Crippen LogP contribution in [0.1, 0.15) is 17.6 Å². The number of pyridine rings is 1. The van der Waals surface area contributed by atoms with Gasteiger partial charge in [0.05, 0.1) is 16.4 Å². The van der Waals surface area contributed by atoms with Gasteiger partial charge in [-0.25, -0.2) is 0 Å². The van der Waals surface area contributed by atoms with E-state index < -0.39 is 5.91 Å². The summed E-state index contributed by atoms with van der Waals surface area (Å²) in [4.78, 5) is 25.4. The van der Waals surface area contributed by atoms with Crippen LogP contribution >= 0.6 is 11.6 Å². The second kappa shape index (κ2) is 7.42. The average molecular weight is 348 g/mol. The minimum Gasteiger partial charge on any atom is -0.399 e. The lowest BCUT2D eigenvalue weighted by Gasteiger charge is -2.04. The van der Waals surface area contributed by atoms with E-state index in [2.05, 4.69) is 39.0 Å². The highest BCUT2D eigenvalue weighted by Gasteiger charge is 2.16. The SMILES string of the molecule is C=C(C)/C=C(/Cl)C(=C)Nc1nnc(C(=O)Nc2ccc(=O)[nH]c2)o1. The third-order valence-electron chi connectivity index (χ3n) is 2.58. The molecule has 0 bridgehead atoms. The molecule has 0 saturated carbocycles. The van der Waals surface area contributed by atoms with Crippen molar-refractivity contribution in [2.24, 2.45) is 0 Å².